The van der Waals surface area contributed by atoms with Gasteiger partial charge in [-0.2, -0.15) is 5.10 Å². The van der Waals surface area contributed by atoms with E-state index in [-0.39, 0.29) is 23.9 Å². The van der Waals surface area contributed by atoms with Gasteiger partial charge >= 0.3 is 5.69 Å². The summed E-state index contributed by atoms with van der Waals surface area (Å²) >= 11 is 0. The minimum absolute atomic E-state index is 0. The van der Waals surface area contributed by atoms with Crippen molar-refractivity contribution < 1.29 is 4.39 Å². The van der Waals surface area contributed by atoms with Crippen LogP contribution in [0.2, 0.25) is 0 Å². The molecule has 140 valence electrons. The Labute approximate surface area is 160 Å². The maximum Gasteiger partial charge on any atom is 0.348 e. The van der Waals surface area contributed by atoms with Crippen LogP contribution in [-0.4, -0.2) is 25.9 Å². The first kappa shape index (κ1) is 18.9. The highest BCUT2D eigenvalue weighted by Gasteiger charge is 2.18. The fraction of sp³-hybridized carbons (Fsp3) is 0.158. The molecule has 0 atom stereocenters. The summed E-state index contributed by atoms with van der Waals surface area (Å²) < 4.78 is 17.4. The van der Waals surface area contributed by atoms with Crippen molar-refractivity contribution in [2.45, 2.75) is 13.0 Å². The zero-order valence-corrected chi connectivity index (χ0v) is 15.2. The lowest BCUT2D eigenvalue weighted by atomic mass is 10.2. The van der Waals surface area contributed by atoms with Gasteiger partial charge < -0.3 is 10.3 Å². The molecule has 0 saturated carbocycles. The Morgan fingerprint density at radius 3 is 2.67 bits per heavy atom. The molecule has 2 aromatic carbocycles. The van der Waals surface area contributed by atoms with Crippen LogP contribution in [0.15, 0.2) is 59.5 Å². The molecule has 0 aliphatic carbocycles. The summed E-state index contributed by atoms with van der Waals surface area (Å²) in [5.41, 5.74) is 7.49. The highest BCUT2D eigenvalue weighted by Crippen LogP contribution is 2.28. The molecular formula is C19H19ClFN5O. The molecule has 0 saturated heterocycles. The first-order valence-corrected chi connectivity index (χ1v) is 8.40. The van der Waals surface area contributed by atoms with Crippen molar-refractivity contribution in [1.29, 1.82) is 0 Å². The normalized spacial score (nSPS) is 10.9. The average molecular weight is 388 g/mol. The van der Waals surface area contributed by atoms with Crippen LogP contribution in [0.4, 0.5) is 4.39 Å². The number of nitrogens with two attached hydrogens (primary N) is 1. The SMILES string of the molecule is Cl.NCCCn1cc(-n2c(-c3ccccc3)n[nH]c2=O)c2cc(F)ccc21. The Balaban J connectivity index is 0.00000210. The zero-order valence-electron chi connectivity index (χ0n) is 14.4. The van der Waals surface area contributed by atoms with E-state index in [1.807, 2.05) is 41.1 Å². The van der Waals surface area contributed by atoms with Gasteiger partial charge in [0.25, 0.3) is 0 Å². The second kappa shape index (κ2) is 7.77. The lowest BCUT2D eigenvalue weighted by molar-refractivity contribution is 0.629. The van der Waals surface area contributed by atoms with Gasteiger partial charge in [0.05, 0.1) is 11.2 Å². The number of nitrogens with zero attached hydrogens (tertiary/aromatic N) is 3. The molecule has 2 heterocycles. The van der Waals surface area contributed by atoms with Gasteiger partial charge in [-0.3, -0.25) is 0 Å². The Bertz CT molecular complexity index is 1120. The summed E-state index contributed by atoms with van der Waals surface area (Å²) in [6, 6.07) is 14.0. The van der Waals surface area contributed by atoms with E-state index in [4.69, 9.17) is 5.73 Å². The third-order valence-corrected chi connectivity index (χ3v) is 4.37. The summed E-state index contributed by atoms with van der Waals surface area (Å²) in [6.45, 7) is 1.24. The van der Waals surface area contributed by atoms with E-state index in [2.05, 4.69) is 10.2 Å². The first-order valence-electron chi connectivity index (χ1n) is 8.40. The molecule has 0 radical (unpaired) electrons. The van der Waals surface area contributed by atoms with Gasteiger partial charge in [0.1, 0.15) is 5.82 Å². The molecule has 0 fully saturated rings. The van der Waals surface area contributed by atoms with Crippen molar-refractivity contribution in [3.63, 3.8) is 0 Å². The molecule has 8 heteroatoms. The molecule has 4 aromatic rings. The molecular weight excluding hydrogens is 369 g/mol. The van der Waals surface area contributed by atoms with Crippen LogP contribution >= 0.6 is 12.4 Å². The van der Waals surface area contributed by atoms with Crippen LogP contribution in [-0.2, 0) is 6.54 Å². The summed E-state index contributed by atoms with van der Waals surface area (Å²) in [7, 11) is 0. The number of H-pyrrole nitrogens is 1. The summed E-state index contributed by atoms with van der Waals surface area (Å²) in [5, 5.41) is 7.32. The number of hydrogen-bond donors (Lipinski definition) is 2. The third-order valence-electron chi connectivity index (χ3n) is 4.37. The predicted octanol–water partition coefficient (Wildman–Crippen LogP) is 3.09. The van der Waals surface area contributed by atoms with Crippen LogP contribution in [0.1, 0.15) is 6.42 Å². The molecule has 6 nitrogen and oxygen atoms in total. The van der Waals surface area contributed by atoms with E-state index in [1.165, 1.54) is 16.7 Å². The number of aromatic amines is 1. The van der Waals surface area contributed by atoms with E-state index in [0.29, 0.717) is 30.0 Å². The molecule has 0 aliphatic rings. The van der Waals surface area contributed by atoms with Crippen LogP contribution < -0.4 is 11.4 Å². The van der Waals surface area contributed by atoms with E-state index in [1.54, 1.807) is 6.07 Å². The number of rotatable bonds is 5. The number of fused-ring (bicyclic) bond motifs is 1. The number of aryl methyl sites for hydroxylation is 1. The molecule has 0 unspecified atom stereocenters. The lowest BCUT2D eigenvalue weighted by Crippen LogP contribution is -2.15. The lowest BCUT2D eigenvalue weighted by Gasteiger charge is -2.04. The van der Waals surface area contributed by atoms with Gasteiger partial charge in [0.15, 0.2) is 5.82 Å². The quantitative estimate of drug-likeness (QED) is 0.552. The second-order valence-electron chi connectivity index (χ2n) is 6.07. The van der Waals surface area contributed by atoms with E-state index in [0.717, 1.165) is 17.5 Å². The number of aromatic nitrogens is 4. The molecule has 0 spiro atoms. The summed E-state index contributed by atoms with van der Waals surface area (Å²) in [5.74, 6) is 0.130. The van der Waals surface area contributed by atoms with Crippen LogP contribution in [0.5, 0.6) is 0 Å². The zero-order chi connectivity index (χ0) is 18.1. The van der Waals surface area contributed by atoms with Crippen molar-refractivity contribution >= 4 is 23.3 Å². The van der Waals surface area contributed by atoms with Crippen molar-refractivity contribution in [1.82, 2.24) is 19.3 Å². The van der Waals surface area contributed by atoms with Gasteiger partial charge in [0, 0.05) is 23.7 Å². The number of halogens is 2. The van der Waals surface area contributed by atoms with Crippen molar-refractivity contribution in [2.75, 3.05) is 6.54 Å². The molecule has 3 N–H and O–H groups in total. The van der Waals surface area contributed by atoms with Crippen LogP contribution in [0, 0.1) is 5.82 Å². The van der Waals surface area contributed by atoms with Crippen molar-refractivity contribution in [3.05, 3.63) is 71.0 Å². The number of nitrogens with one attached hydrogen (secondary N) is 1. The van der Waals surface area contributed by atoms with Gasteiger partial charge in [-0.1, -0.05) is 30.3 Å². The summed E-state index contributed by atoms with van der Waals surface area (Å²) in [4.78, 5) is 12.5. The summed E-state index contributed by atoms with van der Waals surface area (Å²) in [6.07, 6.45) is 2.63. The van der Waals surface area contributed by atoms with E-state index >= 15 is 0 Å². The smallest absolute Gasteiger partial charge is 0.345 e. The van der Waals surface area contributed by atoms with E-state index in [9.17, 15) is 9.18 Å². The van der Waals surface area contributed by atoms with Crippen molar-refractivity contribution in [3.8, 4) is 17.1 Å². The number of benzene rings is 2. The molecule has 0 amide bonds. The molecule has 0 aliphatic heterocycles. The fourth-order valence-corrected chi connectivity index (χ4v) is 3.18. The van der Waals surface area contributed by atoms with Gasteiger partial charge in [-0.15, -0.1) is 12.4 Å². The van der Waals surface area contributed by atoms with Gasteiger partial charge in [0.2, 0.25) is 0 Å². The maximum absolute atomic E-state index is 13.9. The van der Waals surface area contributed by atoms with Crippen molar-refractivity contribution in [2.24, 2.45) is 5.73 Å². The molecule has 4 rings (SSSR count). The Morgan fingerprint density at radius 1 is 1.15 bits per heavy atom. The maximum atomic E-state index is 13.9. The Hall–Kier alpha value is -2.90. The minimum atomic E-state index is -0.369. The Kier molecular flexibility index (Phi) is 5.43. The third kappa shape index (κ3) is 3.39. The second-order valence-corrected chi connectivity index (χ2v) is 6.07. The van der Waals surface area contributed by atoms with Crippen LogP contribution in [0.25, 0.3) is 28.0 Å². The van der Waals surface area contributed by atoms with Crippen LogP contribution in [0.3, 0.4) is 0 Å². The highest BCUT2D eigenvalue weighted by molar-refractivity contribution is 5.89. The first-order chi connectivity index (χ1) is 12.7. The van der Waals surface area contributed by atoms with Gasteiger partial charge in [-0.05, 0) is 31.2 Å². The monoisotopic (exact) mass is 387 g/mol. The fourth-order valence-electron chi connectivity index (χ4n) is 3.18. The Morgan fingerprint density at radius 2 is 1.93 bits per heavy atom. The highest BCUT2D eigenvalue weighted by atomic mass is 35.5. The predicted molar refractivity (Wildman–Crippen MR) is 106 cm³/mol. The largest absolute Gasteiger partial charge is 0.348 e. The standard InChI is InChI=1S/C19H18FN5O.ClH/c20-14-7-8-16-15(11-14)17(12-24(16)10-4-9-21)25-18(22-23-19(25)26)13-5-2-1-3-6-13;/h1-3,5-8,11-12H,4,9-10,21H2,(H,23,26);1H. The van der Waals surface area contributed by atoms with Gasteiger partial charge in [-0.25, -0.2) is 18.9 Å². The average Bonchev–Trinajstić information content (AvgIpc) is 3.20. The molecule has 0 bridgehead atoms. The minimum Gasteiger partial charge on any atom is -0.345 e. The molecule has 2 aromatic heterocycles. The number of hydrogen-bond acceptors (Lipinski definition) is 3. The molecule has 27 heavy (non-hydrogen) atoms. The van der Waals surface area contributed by atoms with E-state index < -0.39 is 0 Å². The topological polar surface area (TPSA) is 81.6 Å².